The van der Waals surface area contributed by atoms with E-state index in [1.807, 2.05) is 6.07 Å². The summed E-state index contributed by atoms with van der Waals surface area (Å²) < 4.78 is 0.524. The van der Waals surface area contributed by atoms with Crippen molar-refractivity contribution in [2.45, 2.75) is 49.0 Å². The molecule has 0 unspecified atom stereocenters. The number of hydrazine groups is 1. The molecule has 1 aliphatic carbocycles. The van der Waals surface area contributed by atoms with E-state index < -0.39 is 23.4 Å². The van der Waals surface area contributed by atoms with Crippen LogP contribution in [0.2, 0.25) is 0 Å². The molecule has 4 rings (SSSR count). The van der Waals surface area contributed by atoms with Gasteiger partial charge in [0.2, 0.25) is 16.9 Å². The topological polar surface area (TPSA) is 125 Å². The lowest BCUT2D eigenvalue weighted by molar-refractivity contribution is -0.138. The first-order valence-electron chi connectivity index (χ1n) is 10.1. The molecule has 2 heterocycles. The van der Waals surface area contributed by atoms with Crippen molar-refractivity contribution in [2.75, 3.05) is 10.7 Å². The zero-order valence-corrected chi connectivity index (χ0v) is 19.2. The Bertz CT molecular complexity index is 1060. The second kappa shape index (κ2) is 8.87. The van der Waals surface area contributed by atoms with E-state index in [4.69, 9.17) is 0 Å². The predicted molar refractivity (Wildman–Crippen MR) is 119 cm³/mol. The fraction of sp³-hybridized carbons (Fsp3) is 0.400. The van der Waals surface area contributed by atoms with Crippen LogP contribution in [0, 0.1) is 0 Å². The van der Waals surface area contributed by atoms with Crippen LogP contribution in [0.4, 0.5) is 9.93 Å². The van der Waals surface area contributed by atoms with Crippen molar-refractivity contribution in [1.29, 1.82) is 0 Å². The average Bonchev–Trinajstić information content (AvgIpc) is 3.47. The number of rotatable bonds is 8. The van der Waals surface area contributed by atoms with E-state index in [-0.39, 0.29) is 17.7 Å². The van der Waals surface area contributed by atoms with Gasteiger partial charge in [-0.1, -0.05) is 60.4 Å². The van der Waals surface area contributed by atoms with Gasteiger partial charge in [-0.15, -0.1) is 10.2 Å². The summed E-state index contributed by atoms with van der Waals surface area (Å²) in [7, 11) is 0. The van der Waals surface area contributed by atoms with Crippen molar-refractivity contribution in [3.8, 4) is 0 Å². The van der Waals surface area contributed by atoms with E-state index in [1.54, 1.807) is 43.0 Å². The van der Waals surface area contributed by atoms with Crippen molar-refractivity contribution in [2.24, 2.45) is 0 Å². The highest BCUT2D eigenvalue weighted by molar-refractivity contribution is 8.01. The molecule has 0 spiro atoms. The second-order valence-electron chi connectivity index (χ2n) is 7.58. The van der Waals surface area contributed by atoms with Gasteiger partial charge in [-0.3, -0.25) is 24.7 Å². The van der Waals surface area contributed by atoms with E-state index >= 15 is 0 Å². The van der Waals surface area contributed by atoms with Crippen LogP contribution in [0.1, 0.15) is 38.7 Å². The van der Waals surface area contributed by atoms with Gasteiger partial charge in [-0.05, 0) is 25.3 Å². The number of imide groups is 1. The maximum Gasteiger partial charge on any atom is 0.344 e. The lowest BCUT2D eigenvalue weighted by Gasteiger charge is -2.22. The Hall–Kier alpha value is -2.99. The van der Waals surface area contributed by atoms with Gasteiger partial charge in [-0.2, -0.15) is 5.01 Å². The maximum absolute atomic E-state index is 12.9. The lowest BCUT2D eigenvalue weighted by atomic mass is 9.92. The molecule has 5 amide bonds. The molecule has 0 radical (unpaired) electrons. The number of urea groups is 1. The average molecular weight is 475 g/mol. The number of aromatic nitrogens is 2. The van der Waals surface area contributed by atoms with Crippen molar-refractivity contribution >= 4 is 52.0 Å². The molecular formula is C20H22N6O4S2. The molecule has 1 saturated heterocycles. The van der Waals surface area contributed by atoms with Gasteiger partial charge in [0.05, 0.1) is 5.75 Å². The number of anilines is 1. The Balaban J connectivity index is 1.36. The Kier molecular flexibility index (Phi) is 6.15. The quantitative estimate of drug-likeness (QED) is 0.341. The van der Waals surface area contributed by atoms with Crippen LogP contribution in [-0.4, -0.2) is 50.8 Å². The zero-order valence-electron chi connectivity index (χ0n) is 17.5. The number of amides is 5. The largest absolute Gasteiger partial charge is 0.344 e. The first kappa shape index (κ1) is 22.2. The van der Waals surface area contributed by atoms with Crippen molar-refractivity contribution < 1.29 is 19.2 Å². The first-order valence-corrected chi connectivity index (χ1v) is 11.9. The Labute approximate surface area is 192 Å². The van der Waals surface area contributed by atoms with Gasteiger partial charge < -0.3 is 5.32 Å². The summed E-state index contributed by atoms with van der Waals surface area (Å²) in [5.41, 5.74) is 1.72. The predicted octanol–water partition coefficient (Wildman–Crippen LogP) is 2.03. The molecule has 2 aromatic rings. The number of benzene rings is 1. The number of nitrogens with one attached hydrogen (secondary N) is 2. The summed E-state index contributed by atoms with van der Waals surface area (Å²) in [4.78, 5) is 51.5. The normalized spacial score (nSPS) is 20.2. The van der Waals surface area contributed by atoms with Crippen molar-refractivity contribution in [3.63, 3.8) is 0 Å². The van der Waals surface area contributed by atoms with Crippen LogP contribution in [0.15, 0.2) is 34.7 Å². The lowest BCUT2D eigenvalue weighted by Crippen LogP contribution is -2.48. The van der Waals surface area contributed by atoms with E-state index in [0.717, 1.165) is 24.6 Å². The van der Waals surface area contributed by atoms with Gasteiger partial charge in [0.25, 0.3) is 5.91 Å². The highest BCUT2D eigenvalue weighted by Crippen LogP contribution is 2.36. The molecule has 168 valence electrons. The number of hydrogen-bond acceptors (Lipinski definition) is 8. The second-order valence-corrected chi connectivity index (χ2v) is 9.76. The molecular weight excluding hydrogens is 452 g/mol. The summed E-state index contributed by atoms with van der Waals surface area (Å²) in [6.45, 7) is 3.40. The van der Waals surface area contributed by atoms with Crippen LogP contribution in [0.3, 0.4) is 0 Å². The van der Waals surface area contributed by atoms with Gasteiger partial charge >= 0.3 is 6.03 Å². The minimum atomic E-state index is -1.26. The van der Waals surface area contributed by atoms with Crippen LogP contribution < -0.4 is 15.6 Å². The minimum absolute atomic E-state index is 0.00188. The molecule has 0 bridgehead atoms. The monoisotopic (exact) mass is 474 g/mol. The molecule has 2 aliphatic rings. The summed E-state index contributed by atoms with van der Waals surface area (Å²) >= 11 is 2.37. The third-order valence-electron chi connectivity index (χ3n) is 5.19. The number of carbonyl (C=O) groups is 4. The summed E-state index contributed by atoms with van der Waals surface area (Å²) in [6, 6.07) is 8.30. The van der Waals surface area contributed by atoms with Gasteiger partial charge in [0, 0.05) is 12.5 Å². The van der Waals surface area contributed by atoms with E-state index in [9.17, 15) is 19.2 Å². The molecule has 1 aromatic heterocycles. The van der Waals surface area contributed by atoms with Crippen LogP contribution >= 0.6 is 23.1 Å². The van der Waals surface area contributed by atoms with Crippen LogP contribution in [0.25, 0.3) is 0 Å². The van der Waals surface area contributed by atoms with E-state index in [2.05, 4.69) is 20.9 Å². The molecule has 10 nitrogen and oxygen atoms in total. The van der Waals surface area contributed by atoms with Crippen LogP contribution in [-0.2, 0) is 19.9 Å². The molecule has 32 heavy (non-hydrogen) atoms. The Morgan fingerprint density at radius 2 is 2.00 bits per heavy atom. The third-order valence-corrected chi connectivity index (χ3v) is 7.25. The molecule has 1 aliphatic heterocycles. The fourth-order valence-corrected chi connectivity index (χ4v) is 5.04. The van der Waals surface area contributed by atoms with E-state index in [1.165, 1.54) is 11.3 Å². The van der Waals surface area contributed by atoms with Gasteiger partial charge in [-0.25, -0.2) is 4.79 Å². The smallest absolute Gasteiger partial charge is 0.318 e. The first-order chi connectivity index (χ1) is 15.3. The number of hydrogen-bond donors (Lipinski definition) is 2. The van der Waals surface area contributed by atoms with Crippen molar-refractivity contribution in [3.05, 3.63) is 35.9 Å². The Morgan fingerprint density at radius 1 is 1.28 bits per heavy atom. The summed E-state index contributed by atoms with van der Waals surface area (Å²) in [5, 5.41) is 12.0. The van der Waals surface area contributed by atoms with Crippen molar-refractivity contribution in [1.82, 2.24) is 25.9 Å². The highest BCUT2D eigenvalue weighted by Gasteiger charge is 2.50. The molecule has 1 atom stereocenters. The highest BCUT2D eigenvalue weighted by atomic mass is 32.2. The van der Waals surface area contributed by atoms with Gasteiger partial charge in [0.1, 0.15) is 5.54 Å². The number of thioether (sulfide) groups is 1. The summed E-state index contributed by atoms with van der Waals surface area (Å²) in [6.07, 6.45) is 2.28. The number of nitrogens with zero attached hydrogens (tertiary/aromatic N) is 4. The minimum Gasteiger partial charge on any atom is -0.318 e. The molecule has 1 saturated carbocycles. The number of carbonyl (C=O) groups excluding carboxylic acids is 4. The fourth-order valence-electron chi connectivity index (χ4n) is 3.32. The Morgan fingerprint density at radius 3 is 2.66 bits per heavy atom. The van der Waals surface area contributed by atoms with Crippen LogP contribution in [0.5, 0.6) is 0 Å². The summed E-state index contributed by atoms with van der Waals surface area (Å²) in [5.74, 6) is -1.17. The molecule has 2 fully saturated rings. The zero-order chi connectivity index (χ0) is 22.9. The molecule has 2 N–H and O–H groups in total. The standard InChI is InChI=1S/C20H22N6O4S2/c1-3-15(28)25(13-9-10-13)18-22-23-19(32-18)31-11-14(27)24-26-16(29)20(2,21-17(26)30)12-7-5-4-6-8-12/h4-8,13H,3,9-11H2,1-2H3,(H,21,30)(H,24,27)/t20-/m0/s1. The molecule has 12 heteroatoms. The van der Waals surface area contributed by atoms with Gasteiger partial charge in [0.15, 0.2) is 4.34 Å². The molecule has 1 aromatic carbocycles. The SMILES string of the molecule is CCC(=O)N(c1nnc(SCC(=O)NN2C(=O)N[C@@](C)(c3ccccc3)C2=O)s1)C1CC1. The van der Waals surface area contributed by atoms with E-state index in [0.29, 0.717) is 26.5 Å². The third kappa shape index (κ3) is 4.32. The maximum atomic E-state index is 12.9.